The van der Waals surface area contributed by atoms with Crippen LogP contribution in [0.1, 0.15) is 103 Å². The number of rotatable bonds is 1. The van der Waals surface area contributed by atoms with Gasteiger partial charge in [0.05, 0.1) is 5.92 Å². The molecule has 3 heteroatoms. The van der Waals surface area contributed by atoms with Crippen molar-refractivity contribution in [3.63, 3.8) is 0 Å². The molecule has 0 amide bonds. The third-order valence-corrected chi connectivity index (χ3v) is 4.64. The SMILES string of the molecule is CC(C)C(C)(C)C.CCC(C(C)(C)C)C(F)(F)F.CCC(C)(C)C. The molecule has 0 aliphatic carbocycles. The lowest BCUT2D eigenvalue weighted by atomic mass is 9.79. The average Bonchev–Trinajstić information content (AvgIpc) is 2.24. The Hall–Kier alpha value is -0.210. The summed E-state index contributed by atoms with van der Waals surface area (Å²) in [6.45, 7) is 26.7. The fourth-order valence-electron chi connectivity index (χ4n) is 1.33. The molecule has 0 saturated carbocycles. The first-order chi connectivity index (χ1) is 10.2. The summed E-state index contributed by atoms with van der Waals surface area (Å²) in [5.41, 5.74) is 0.368. The molecule has 150 valence electrons. The van der Waals surface area contributed by atoms with Crippen molar-refractivity contribution in [1.82, 2.24) is 0 Å². The predicted octanol–water partition coefficient (Wildman–Crippen LogP) is 8.75. The second kappa shape index (κ2) is 10.7. The van der Waals surface area contributed by atoms with Crippen LogP contribution in [0.3, 0.4) is 0 Å². The number of alkyl halides is 3. The van der Waals surface area contributed by atoms with E-state index in [2.05, 4.69) is 62.3 Å². The largest absolute Gasteiger partial charge is 0.392 e. The van der Waals surface area contributed by atoms with Crippen molar-refractivity contribution in [2.45, 2.75) is 109 Å². The zero-order valence-electron chi connectivity index (χ0n) is 18.7. The summed E-state index contributed by atoms with van der Waals surface area (Å²) >= 11 is 0. The third-order valence-electron chi connectivity index (χ3n) is 4.64. The first-order valence-corrected chi connectivity index (χ1v) is 9.26. The smallest absolute Gasteiger partial charge is 0.171 e. The topological polar surface area (TPSA) is 0 Å². The van der Waals surface area contributed by atoms with Gasteiger partial charge in [0.25, 0.3) is 0 Å². The van der Waals surface area contributed by atoms with Gasteiger partial charge in [-0.1, -0.05) is 96.4 Å². The molecule has 0 bridgehead atoms. The molecule has 0 heterocycles. The van der Waals surface area contributed by atoms with Gasteiger partial charge in [-0.05, 0) is 28.6 Å². The van der Waals surface area contributed by atoms with Crippen LogP contribution < -0.4 is 0 Å². The van der Waals surface area contributed by atoms with Crippen LogP contribution in [0.15, 0.2) is 0 Å². The molecule has 0 fully saturated rings. The lowest BCUT2D eigenvalue weighted by molar-refractivity contribution is -0.200. The Balaban J connectivity index is -0.000000294. The highest BCUT2D eigenvalue weighted by Crippen LogP contribution is 2.41. The molecule has 0 rings (SSSR count). The van der Waals surface area contributed by atoms with E-state index in [-0.39, 0.29) is 6.42 Å². The maximum atomic E-state index is 12.2. The summed E-state index contributed by atoms with van der Waals surface area (Å²) in [7, 11) is 0. The van der Waals surface area contributed by atoms with E-state index in [1.807, 2.05) is 0 Å². The Morgan fingerprint density at radius 3 is 0.917 bits per heavy atom. The zero-order valence-corrected chi connectivity index (χ0v) is 18.7. The van der Waals surface area contributed by atoms with Crippen LogP contribution in [0, 0.1) is 28.1 Å². The van der Waals surface area contributed by atoms with E-state index in [1.54, 1.807) is 27.7 Å². The Morgan fingerprint density at radius 1 is 0.667 bits per heavy atom. The fourth-order valence-corrected chi connectivity index (χ4v) is 1.33. The van der Waals surface area contributed by atoms with E-state index in [1.165, 1.54) is 6.42 Å². The van der Waals surface area contributed by atoms with Crippen molar-refractivity contribution < 1.29 is 13.2 Å². The van der Waals surface area contributed by atoms with Crippen molar-refractivity contribution >= 4 is 0 Å². The number of hydrogen-bond donors (Lipinski definition) is 0. The van der Waals surface area contributed by atoms with Gasteiger partial charge in [0, 0.05) is 0 Å². The fraction of sp³-hybridized carbons (Fsp3) is 1.00. The highest BCUT2D eigenvalue weighted by atomic mass is 19.4. The van der Waals surface area contributed by atoms with Crippen LogP contribution >= 0.6 is 0 Å². The Kier molecular flexibility index (Phi) is 12.8. The van der Waals surface area contributed by atoms with Crippen LogP contribution in [0.5, 0.6) is 0 Å². The lowest BCUT2D eigenvalue weighted by Gasteiger charge is -2.31. The van der Waals surface area contributed by atoms with Crippen LogP contribution in [0.2, 0.25) is 0 Å². The molecule has 0 saturated heterocycles. The maximum Gasteiger partial charge on any atom is 0.392 e. The van der Waals surface area contributed by atoms with Gasteiger partial charge in [0.1, 0.15) is 0 Å². The highest BCUT2D eigenvalue weighted by Gasteiger charge is 2.45. The molecule has 1 unspecified atom stereocenters. The highest BCUT2D eigenvalue weighted by molar-refractivity contribution is 4.78. The summed E-state index contributed by atoms with van der Waals surface area (Å²) in [5, 5.41) is 0. The van der Waals surface area contributed by atoms with Crippen LogP contribution in [0.4, 0.5) is 13.2 Å². The summed E-state index contributed by atoms with van der Waals surface area (Å²) in [6.07, 6.45) is -2.62. The van der Waals surface area contributed by atoms with Gasteiger partial charge < -0.3 is 0 Å². The lowest BCUT2D eigenvalue weighted by Crippen LogP contribution is -2.33. The van der Waals surface area contributed by atoms with Gasteiger partial charge in [-0.2, -0.15) is 13.2 Å². The Bertz CT molecular complexity index is 279. The molecule has 0 N–H and O–H groups in total. The zero-order chi connectivity index (χ0) is 20.6. The van der Waals surface area contributed by atoms with Crippen LogP contribution in [-0.2, 0) is 0 Å². The van der Waals surface area contributed by atoms with E-state index >= 15 is 0 Å². The molecular weight excluding hydrogens is 309 g/mol. The van der Waals surface area contributed by atoms with Crippen molar-refractivity contribution in [2.24, 2.45) is 28.1 Å². The molecule has 0 nitrogen and oxygen atoms in total. The minimum Gasteiger partial charge on any atom is -0.171 e. The van der Waals surface area contributed by atoms with Crippen molar-refractivity contribution in [1.29, 1.82) is 0 Å². The normalized spacial score (nSPS) is 14.4. The molecular formula is C21H45F3. The van der Waals surface area contributed by atoms with Crippen molar-refractivity contribution in [3.8, 4) is 0 Å². The van der Waals surface area contributed by atoms with Gasteiger partial charge in [-0.3, -0.25) is 0 Å². The summed E-state index contributed by atoms with van der Waals surface area (Å²) in [4.78, 5) is 0. The molecule has 24 heavy (non-hydrogen) atoms. The monoisotopic (exact) mass is 354 g/mol. The van der Waals surface area contributed by atoms with Crippen LogP contribution in [0.25, 0.3) is 0 Å². The molecule has 0 aromatic heterocycles. The Morgan fingerprint density at radius 2 is 0.917 bits per heavy atom. The van der Waals surface area contributed by atoms with E-state index in [4.69, 9.17) is 0 Å². The summed E-state index contributed by atoms with van der Waals surface area (Å²) in [5.74, 6) is -0.387. The second-order valence-corrected chi connectivity index (χ2v) is 10.3. The average molecular weight is 355 g/mol. The van der Waals surface area contributed by atoms with E-state index < -0.39 is 17.5 Å². The number of halogens is 3. The summed E-state index contributed by atoms with van der Waals surface area (Å²) < 4.78 is 36.6. The molecule has 0 aromatic carbocycles. The molecule has 0 aliphatic heterocycles. The predicted molar refractivity (Wildman–Crippen MR) is 103 cm³/mol. The Labute approximate surface area is 151 Å². The molecule has 0 aliphatic rings. The van der Waals surface area contributed by atoms with Gasteiger partial charge in [0.15, 0.2) is 0 Å². The minimum absolute atomic E-state index is 0.160. The van der Waals surface area contributed by atoms with E-state index in [9.17, 15) is 13.2 Å². The van der Waals surface area contributed by atoms with E-state index in [0.717, 1.165) is 5.92 Å². The molecule has 0 spiro atoms. The number of hydrogen-bond acceptors (Lipinski definition) is 0. The quantitative estimate of drug-likeness (QED) is 0.441. The summed E-state index contributed by atoms with van der Waals surface area (Å²) in [6, 6.07) is 0. The van der Waals surface area contributed by atoms with Gasteiger partial charge in [-0.15, -0.1) is 0 Å². The van der Waals surface area contributed by atoms with Crippen molar-refractivity contribution in [3.05, 3.63) is 0 Å². The standard InChI is InChI=1S/C8H15F3.C7H16.C6H14/c1-5-6(7(2,3)4)8(9,10)11;1-6(2)7(3,4)5;1-5-6(2,3)4/h6H,5H2,1-4H3;6H,1-5H3;5H2,1-4H3. The van der Waals surface area contributed by atoms with Gasteiger partial charge >= 0.3 is 6.18 Å². The van der Waals surface area contributed by atoms with E-state index in [0.29, 0.717) is 10.8 Å². The first-order valence-electron chi connectivity index (χ1n) is 9.26. The second-order valence-electron chi connectivity index (χ2n) is 10.3. The molecule has 0 aromatic rings. The van der Waals surface area contributed by atoms with Gasteiger partial charge in [0.2, 0.25) is 0 Å². The molecule has 0 radical (unpaired) electrons. The minimum atomic E-state index is -4.05. The van der Waals surface area contributed by atoms with Crippen LogP contribution in [-0.4, -0.2) is 6.18 Å². The first kappa shape index (κ1) is 28.6. The van der Waals surface area contributed by atoms with Crippen molar-refractivity contribution in [2.75, 3.05) is 0 Å². The molecule has 1 atom stereocenters. The van der Waals surface area contributed by atoms with Gasteiger partial charge in [-0.25, -0.2) is 0 Å². The maximum absolute atomic E-state index is 12.2. The third kappa shape index (κ3) is 18.1.